The normalized spacial score (nSPS) is 13.2. The number of nitrogens with one attached hydrogen (secondary N) is 2. The summed E-state index contributed by atoms with van der Waals surface area (Å²) < 4.78 is 29.7. The van der Waals surface area contributed by atoms with Gasteiger partial charge < -0.3 is 10.6 Å². The Labute approximate surface area is 167 Å². The van der Waals surface area contributed by atoms with E-state index in [0.29, 0.717) is 29.9 Å². The van der Waals surface area contributed by atoms with Gasteiger partial charge in [0.15, 0.2) is 0 Å². The van der Waals surface area contributed by atoms with E-state index in [1.165, 1.54) is 12.1 Å². The molecule has 0 bridgehead atoms. The maximum atomic E-state index is 14.8. The topological polar surface area (TPSA) is 59.0 Å². The zero-order valence-electron chi connectivity index (χ0n) is 16.4. The molecule has 0 fully saturated rings. The monoisotopic (exact) mass is 396 g/mol. The van der Waals surface area contributed by atoms with Gasteiger partial charge in [-0.25, -0.2) is 13.5 Å². The van der Waals surface area contributed by atoms with Crippen LogP contribution in [0.5, 0.6) is 0 Å². The summed E-state index contributed by atoms with van der Waals surface area (Å²) in [6.07, 6.45) is 0.685. The van der Waals surface area contributed by atoms with Crippen molar-refractivity contribution in [1.82, 2.24) is 15.1 Å². The summed E-state index contributed by atoms with van der Waals surface area (Å²) in [5.41, 5.74) is 4.79. The lowest BCUT2D eigenvalue weighted by Gasteiger charge is -2.19. The van der Waals surface area contributed by atoms with Gasteiger partial charge in [-0.3, -0.25) is 4.79 Å². The third kappa shape index (κ3) is 3.78. The number of benzene rings is 2. The fourth-order valence-corrected chi connectivity index (χ4v) is 3.75. The maximum Gasteiger partial charge on any atom is 0.229 e. The van der Waals surface area contributed by atoms with Crippen LogP contribution in [0.2, 0.25) is 0 Å². The molecule has 2 N–H and O–H groups in total. The number of amides is 1. The van der Waals surface area contributed by atoms with Crippen LogP contribution in [0.3, 0.4) is 0 Å². The first-order valence-corrected chi connectivity index (χ1v) is 9.56. The van der Waals surface area contributed by atoms with Crippen LogP contribution in [-0.4, -0.2) is 22.2 Å². The molecule has 7 heteroatoms. The number of rotatable bonds is 4. The molecule has 0 radical (unpaired) electrons. The molecule has 150 valence electrons. The number of hydrogen-bond donors (Lipinski definition) is 2. The van der Waals surface area contributed by atoms with Crippen LogP contribution in [0.25, 0.3) is 5.69 Å². The van der Waals surface area contributed by atoms with Gasteiger partial charge in [0.05, 0.1) is 23.5 Å². The largest absolute Gasteiger partial charge is 0.323 e. The van der Waals surface area contributed by atoms with E-state index in [9.17, 15) is 13.6 Å². The van der Waals surface area contributed by atoms with Crippen LogP contribution in [-0.2, 0) is 24.2 Å². The van der Waals surface area contributed by atoms with Gasteiger partial charge in [0.1, 0.15) is 11.6 Å². The Morgan fingerprint density at radius 1 is 1.17 bits per heavy atom. The summed E-state index contributed by atoms with van der Waals surface area (Å²) >= 11 is 0. The van der Waals surface area contributed by atoms with Gasteiger partial charge in [0.25, 0.3) is 0 Å². The van der Waals surface area contributed by atoms with Crippen LogP contribution in [0.4, 0.5) is 14.5 Å². The van der Waals surface area contributed by atoms with E-state index in [2.05, 4.69) is 15.7 Å². The molecule has 4 rings (SSSR count). The molecule has 0 saturated carbocycles. The Morgan fingerprint density at radius 3 is 2.69 bits per heavy atom. The number of fused-ring (bicyclic) bond motifs is 1. The van der Waals surface area contributed by atoms with Gasteiger partial charge in [-0.15, -0.1) is 0 Å². The number of nitrogens with zero attached hydrogens (tertiary/aromatic N) is 2. The first-order valence-electron chi connectivity index (χ1n) is 9.56. The molecule has 1 aliphatic heterocycles. The van der Waals surface area contributed by atoms with Crippen molar-refractivity contribution >= 4 is 11.6 Å². The SMILES string of the molecule is Cc1nn(-c2ccc(F)cc2)c(C)c1CC(=O)Nc1ccc2c(c1F)CCNC2. The number of halogens is 2. The molecule has 3 aromatic rings. The lowest BCUT2D eigenvalue weighted by molar-refractivity contribution is -0.115. The molecule has 0 aliphatic carbocycles. The number of hydrogen-bond acceptors (Lipinski definition) is 3. The third-order valence-electron chi connectivity index (χ3n) is 5.33. The summed E-state index contributed by atoms with van der Waals surface area (Å²) in [4.78, 5) is 12.6. The van der Waals surface area contributed by atoms with Crippen LogP contribution >= 0.6 is 0 Å². The predicted molar refractivity (Wildman–Crippen MR) is 107 cm³/mol. The van der Waals surface area contributed by atoms with Crippen molar-refractivity contribution in [3.63, 3.8) is 0 Å². The van der Waals surface area contributed by atoms with E-state index in [1.807, 2.05) is 19.9 Å². The van der Waals surface area contributed by atoms with Crippen molar-refractivity contribution in [1.29, 1.82) is 0 Å². The Bertz CT molecular complexity index is 1070. The van der Waals surface area contributed by atoms with Gasteiger partial charge in [-0.2, -0.15) is 5.10 Å². The van der Waals surface area contributed by atoms with E-state index < -0.39 is 0 Å². The van der Waals surface area contributed by atoms with Crippen LogP contribution < -0.4 is 10.6 Å². The number of aromatic nitrogens is 2. The minimum absolute atomic E-state index is 0.0803. The van der Waals surface area contributed by atoms with Crippen molar-refractivity contribution in [2.45, 2.75) is 33.2 Å². The number of aryl methyl sites for hydroxylation is 1. The minimum Gasteiger partial charge on any atom is -0.323 e. The van der Waals surface area contributed by atoms with E-state index in [-0.39, 0.29) is 29.6 Å². The van der Waals surface area contributed by atoms with E-state index in [1.54, 1.807) is 22.9 Å². The van der Waals surface area contributed by atoms with Crippen LogP contribution in [0.15, 0.2) is 36.4 Å². The third-order valence-corrected chi connectivity index (χ3v) is 5.33. The number of carbonyl (C=O) groups is 1. The molecule has 0 spiro atoms. The standard InChI is InChI=1S/C22H22F2N4O/c1-13-19(14(2)28(27-13)17-6-4-16(23)5-7-17)11-21(29)26-20-8-3-15-12-25-10-9-18(15)22(20)24/h3-8,25H,9-12H2,1-2H3,(H,26,29). The predicted octanol–water partition coefficient (Wildman–Crippen LogP) is 3.59. The first kappa shape index (κ1) is 19.3. The smallest absolute Gasteiger partial charge is 0.229 e. The molecule has 2 heterocycles. The lowest BCUT2D eigenvalue weighted by Crippen LogP contribution is -2.25. The highest BCUT2D eigenvalue weighted by Crippen LogP contribution is 2.25. The molecule has 1 aromatic heterocycles. The van der Waals surface area contributed by atoms with Gasteiger partial charge in [0.2, 0.25) is 5.91 Å². The van der Waals surface area contributed by atoms with E-state index >= 15 is 0 Å². The van der Waals surface area contributed by atoms with Gasteiger partial charge in [0, 0.05) is 17.8 Å². The molecule has 29 heavy (non-hydrogen) atoms. The van der Waals surface area contributed by atoms with E-state index in [0.717, 1.165) is 23.4 Å². The summed E-state index contributed by atoms with van der Waals surface area (Å²) in [5.74, 6) is -0.979. The van der Waals surface area contributed by atoms with Crippen molar-refractivity contribution < 1.29 is 13.6 Å². The van der Waals surface area contributed by atoms with Gasteiger partial charge in [-0.05, 0) is 68.3 Å². The molecule has 2 aromatic carbocycles. The second kappa shape index (κ2) is 7.75. The highest BCUT2D eigenvalue weighted by Gasteiger charge is 2.20. The Morgan fingerprint density at radius 2 is 1.93 bits per heavy atom. The molecular weight excluding hydrogens is 374 g/mol. The lowest BCUT2D eigenvalue weighted by atomic mass is 9.99. The summed E-state index contributed by atoms with van der Waals surface area (Å²) in [6.45, 7) is 5.05. The molecule has 0 unspecified atom stereocenters. The first-order chi connectivity index (χ1) is 13.9. The fourth-order valence-electron chi connectivity index (χ4n) is 3.75. The molecule has 0 atom stereocenters. The zero-order valence-corrected chi connectivity index (χ0v) is 16.4. The quantitative estimate of drug-likeness (QED) is 0.709. The number of carbonyl (C=O) groups excluding carboxylic acids is 1. The highest BCUT2D eigenvalue weighted by atomic mass is 19.1. The van der Waals surface area contributed by atoms with Gasteiger partial charge in [-0.1, -0.05) is 6.07 Å². The molecule has 0 saturated heterocycles. The molecule has 1 amide bonds. The van der Waals surface area contributed by atoms with Crippen molar-refractivity contribution in [3.8, 4) is 5.69 Å². The molecular formula is C22H22F2N4O. The number of anilines is 1. The fraction of sp³-hybridized carbons (Fsp3) is 0.273. The summed E-state index contributed by atoms with van der Waals surface area (Å²) in [5, 5.41) is 10.4. The average Bonchev–Trinajstić information content (AvgIpc) is 2.99. The maximum absolute atomic E-state index is 14.8. The van der Waals surface area contributed by atoms with Crippen molar-refractivity contribution in [2.24, 2.45) is 0 Å². The zero-order chi connectivity index (χ0) is 20.5. The van der Waals surface area contributed by atoms with Crippen molar-refractivity contribution in [3.05, 3.63) is 76.1 Å². The average molecular weight is 396 g/mol. The molecule has 1 aliphatic rings. The second-order valence-electron chi connectivity index (χ2n) is 7.25. The summed E-state index contributed by atoms with van der Waals surface area (Å²) in [6, 6.07) is 9.47. The Balaban J connectivity index is 1.54. The second-order valence-corrected chi connectivity index (χ2v) is 7.25. The minimum atomic E-state index is -0.354. The molecule has 5 nitrogen and oxygen atoms in total. The van der Waals surface area contributed by atoms with Gasteiger partial charge >= 0.3 is 0 Å². The van der Waals surface area contributed by atoms with Crippen molar-refractivity contribution in [2.75, 3.05) is 11.9 Å². The Kier molecular flexibility index (Phi) is 5.15. The Hall–Kier alpha value is -3.06. The van der Waals surface area contributed by atoms with Crippen LogP contribution in [0.1, 0.15) is 28.1 Å². The van der Waals surface area contributed by atoms with E-state index in [4.69, 9.17) is 0 Å². The van der Waals surface area contributed by atoms with Crippen LogP contribution in [0, 0.1) is 25.5 Å². The summed E-state index contributed by atoms with van der Waals surface area (Å²) in [7, 11) is 0. The highest BCUT2D eigenvalue weighted by molar-refractivity contribution is 5.92.